The second-order valence-corrected chi connectivity index (χ2v) is 13.0. The van der Waals surface area contributed by atoms with Crippen LogP contribution in [0.4, 0.5) is 17.1 Å². The Kier molecular flexibility index (Phi) is 9.09. The lowest BCUT2D eigenvalue weighted by atomic mass is 10.1. The zero-order chi connectivity index (χ0) is 29.8. The molecular weight excluding hydrogens is 596 g/mol. The average Bonchev–Trinajstić information content (AvgIpc) is 2.95. The van der Waals surface area contributed by atoms with E-state index in [-0.39, 0.29) is 31.8 Å². The van der Waals surface area contributed by atoms with Crippen molar-refractivity contribution in [2.75, 3.05) is 36.3 Å². The number of hydrogen-bond donors (Lipinski definition) is 2. The van der Waals surface area contributed by atoms with Crippen LogP contribution in [-0.2, 0) is 24.6 Å². The van der Waals surface area contributed by atoms with Crippen LogP contribution in [0, 0.1) is 10.1 Å². The largest absolute Gasteiger partial charge is 0.379 e. The van der Waals surface area contributed by atoms with E-state index in [2.05, 4.69) is 16.6 Å². The van der Waals surface area contributed by atoms with E-state index in [1.54, 1.807) is 4.90 Å². The molecule has 1 heterocycles. The van der Waals surface area contributed by atoms with Crippen molar-refractivity contribution < 1.29 is 31.3 Å². The molecule has 15 heteroatoms. The summed E-state index contributed by atoms with van der Waals surface area (Å²) >= 11 is 6.07. The van der Waals surface area contributed by atoms with Gasteiger partial charge in [-0.05, 0) is 48.5 Å². The number of nitro benzene ring substituents is 1. The Morgan fingerprint density at radius 1 is 1.02 bits per heavy atom. The summed E-state index contributed by atoms with van der Waals surface area (Å²) in [7, 11) is -8.13. The monoisotopic (exact) mass is 620 g/mol. The number of nitro groups is 1. The van der Waals surface area contributed by atoms with E-state index in [0.29, 0.717) is 26.3 Å². The molecule has 4 rings (SSSR count). The van der Waals surface area contributed by atoms with Crippen LogP contribution in [0.5, 0.6) is 0 Å². The Morgan fingerprint density at radius 2 is 1.71 bits per heavy atom. The Hall–Kier alpha value is -3.82. The molecule has 216 valence electrons. The fourth-order valence-corrected chi connectivity index (χ4v) is 7.07. The SMILES string of the molecule is C=CC(N1CCOCC1)S(=O)(=O)c1ccc(NC(=O)c2cc(Cl)ccc2NS(=O)(=O)c2cccc([N+](=O)[O-])c2)cc1. The smallest absolute Gasteiger partial charge is 0.270 e. The number of amides is 1. The predicted molar refractivity (Wildman–Crippen MR) is 153 cm³/mol. The fraction of sp³-hybridized carbons (Fsp3) is 0.192. The second kappa shape index (κ2) is 12.4. The van der Waals surface area contributed by atoms with E-state index >= 15 is 0 Å². The molecule has 3 aromatic rings. The summed E-state index contributed by atoms with van der Waals surface area (Å²) in [6, 6.07) is 13.9. The summed E-state index contributed by atoms with van der Waals surface area (Å²) in [5, 5.41) is 12.9. The average molecular weight is 621 g/mol. The third-order valence-corrected chi connectivity index (χ3v) is 9.83. The van der Waals surface area contributed by atoms with Crippen LogP contribution in [0.3, 0.4) is 0 Å². The van der Waals surface area contributed by atoms with E-state index in [1.165, 1.54) is 60.7 Å². The molecule has 1 amide bonds. The van der Waals surface area contributed by atoms with Crippen molar-refractivity contribution in [3.05, 3.63) is 100 Å². The van der Waals surface area contributed by atoms with Crippen LogP contribution in [0.2, 0.25) is 5.02 Å². The normalized spacial score (nSPS) is 15.0. The molecule has 0 aliphatic carbocycles. The molecule has 3 aromatic carbocycles. The number of carbonyl (C=O) groups is 1. The number of nitrogens with zero attached hydrogens (tertiary/aromatic N) is 2. The van der Waals surface area contributed by atoms with Crippen LogP contribution in [0.15, 0.2) is 89.2 Å². The highest BCUT2D eigenvalue weighted by molar-refractivity contribution is 7.92. The van der Waals surface area contributed by atoms with Crippen molar-refractivity contribution in [2.24, 2.45) is 0 Å². The number of sulfonamides is 1. The summed E-state index contributed by atoms with van der Waals surface area (Å²) in [6.45, 7) is 5.39. The van der Waals surface area contributed by atoms with Gasteiger partial charge in [0.15, 0.2) is 9.84 Å². The number of carbonyl (C=O) groups excluding carboxylic acids is 1. The summed E-state index contributed by atoms with van der Waals surface area (Å²) in [6.07, 6.45) is 1.37. The lowest BCUT2D eigenvalue weighted by molar-refractivity contribution is -0.385. The maximum Gasteiger partial charge on any atom is 0.270 e. The van der Waals surface area contributed by atoms with Gasteiger partial charge in [-0.25, -0.2) is 16.8 Å². The number of sulfone groups is 1. The number of ether oxygens (including phenoxy) is 1. The molecule has 0 bridgehead atoms. The van der Waals surface area contributed by atoms with Gasteiger partial charge in [0.05, 0.1) is 39.2 Å². The second-order valence-electron chi connectivity index (χ2n) is 8.85. The number of rotatable bonds is 10. The summed E-state index contributed by atoms with van der Waals surface area (Å²) in [4.78, 5) is 24.9. The Bertz CT molecular complexity index is 1690. The highest BCUT2D eigenvalue weighted by Crippen LogP contribution is 2.27. The zero-order valence-electron chi connectivity index (χ0n) is 21.4. The summed E-state index contributed by atoms with van der Waals surface area (Å²) in [5.74, 6) is -0.739. The van der Waals surface area contributed by atoms with E-state index in [4.69, 9.17) is 16.3 Å². The van der Waals surface area contributed by atoms with E-state index in [1.807, 2.05) is 0 Å². The first kappa shape index (κ1) is 30.1. The molecule has 0 radical (unpaired) electrons. The van der Waals surface area contributed by atoms with Crippen molar-refractivity contribution in [1.29, 1.82) is 0 Å². The van der Waals surface area contributed by atoms with E-state index in [9.17, 15) is 31.7 Å². The van der Waals surface area contributed by atoms with Crippen LogP contribution in [0.25, 0.3) is 0 Å². The molecule has 1 aliphatic heterocycles. The molecule has 1 saturated heterocycles. The van der Waals surface area contributed by atoms with Gasteiger partial charge in [0.25, 0.3) is 21.6 Å². The minimum Gasteiger partial charge on any atom is -0.379 e. The highest BCUT2D eigenvalue weighted by atomic mass is 35.5. The Labute approximate surface area is 241 Å². The molecule has 12 nitrogen and oxygen atoms in total. The highest BCUT2D eigenvalue weighted by Gasteiger charge is 2.31. The molecule has 1 aliphatic rings. The van der Waals surface area contributed by atoms with Gasteiger partial charge < -0.3 is 10.1 Å². The molecule has 1 fully saturated rings. The number of hydrogen-bond acceptors (Lipinski definition) is 9. The molecule has 0 saturated carbocycles. The molecular formula is C26H25ClN4O8S2. The number of morpholine rings is 1. The maximum atomic E-state index is 13.2. The van der Waals surface area contributed by atoms with Crippen molar-refractivity contribution >= 4 is 54.4 Å². The van der Waals surface area contributed by atoms with E-state index in [0.717, 1.165) is 12.1 Å². The third-order valence-electron chi connectivity index (χ3n) is 6.18. The molecule has 1 atom stereocenters. The Morgan fingerprint density at radius 3 is 2.34 bits per heavy atom. The molecule has 41 heavy (non-hydrogen) atoms. The first-order chi connectivity index (χ1) is 19.4. The summed E-state index contributed by atoms with van der Waals surface area (Å²) in [5.41, 5.74) is -0.445. The van der Waals surface area contributed by atoms with Crippen molar-refractivity contribution in [3.63, 3.8) is 0 Å². The lowest BCUT2D eigenvalue weighted by Crippen LogP contribution is -2.46. The maximum absolute atomic E-state index is 13.2. The first-order valence-electron chi connectivity index (χ1n) is 12.1. The van der Waals surface area contributed by atoms with Gasteiger partial charge in [-0.15, -0.1) is 6.58 Å². The van der Waals surface area contributed by atoms with Crippen molar-refractivity contribution in [2.45, 2.75) is 15.2 Å². The quantitative estimate of drug-likeness (QED) is 0.194. The van der Waals surface area contributed by atoms with Gasteiger partial charge in [0, 0.05) is 35.9 Å². The van der Waals surface area contributed by atoms with Crippen LogP contribution >= 0.6 is 11.6 Å². The number of non-ortho nitro benzene ring substituents is 1. The molecule has 0 aromatic heterocycles. The van der Waals surface area contributed by atoms with Crippen molar-refractivity contribution in [1.82, 2.24) is 4.90 Å². The topological polar surface area (TPSA) is 165 Å². The van der Waals surface area contributed by atoms with Gasteiger partial charge in [0.1, 0.15) is 5.37 Å². The molecule has 2 N–H and O–H groups in total. The number of nitrogens with one attached hydrogen (secondary N) is 2. The lowest BCUT2D eigenvalue weighted by Gasteiger charge is -2.32. The predicted octanol–water partition coefficient (Wildman–Crippen LogP) is 3.92. The zero-order valence-corrected chi connectivity index (χ0v) is 23.8. The first-order valence-corrected chi connectivity index (χ1v) is 15.5. The molecule has 1 unspecified atom stereocenters. The minimum absolute atomic E-state index is 0.0278. The van der Waals surface area contributed by atoms with Gasteiger partial charge in [0.2, 0.25) is 0 Å². The van der Waals surface area contributed by atoms with Crippen LogP contribution < -0.4 is 10.0 Å². The third kappa shape index (κ3) is 6.92. The van der Waals surface area contributed by atoms with Gasteiger partial charge in [-0.3, -0.25) is 24.5 Å². The minimum atomic E-state index is -4.32. The van der Waals surface area contributed by atoms with E-state index < -0.39 is 41.8 Å². The fourth-order valence-electron chi connectivity index (χ4n) is 4.13. The number of anilines is 2. The van der Waals surface area contributed by atoms with Crippen LogP contribution in [0.1, 0.15) is 10.4 Å². The van der Waals surface area contributed by atoms with Crippen molar-refractivity contribution in [3.8, 4) is 0 Å². The van der Waals surface area contributed by atoms with Gasteiger partial charge in [-0.2, -0.15) is 0 Å². The van der Waals surface area contributed by atoms with Crippen LogP contribution in [-0.4, -0.2) is 64.2 Å². The number of benzene rings is 3. The Balaban J connectivity index is 1.55. The van der Waals surface area contributed by atoms with Gasteiger partial charge in [-0.1, -0.05) is 23.7 Å². The standard InChI is InChI=1S/C26H25ClN4O8S2/c1-2-25(30-12-14-39-15-13-30)40(35,36)21-9-7-19(8-10-21)28-26(32)23-16-18(27)6-11-24(23)29-41(37,38)22-5-3-4-20(17-22)31(33)34/h2-11,16-17,25,29H,1,12-15H2,(H,28,32). The van der Waals surface area contributed by atoms with Gasteiger partial charge >= 0.3 is 0 Å². The number of halogens is 1. The molecule has 0 spiro atoms. The summed E-state index contributed by atoms with van der Waals surface area (Å²) < 4.78 is 60.0.